The van der Waals surface area contributed by atoms with Crippen molar-refractivity contribution in [2.24, 2.45) is 17.6 Å². The number of nitrogens with one attached hydrogen (secondary N) is 1. The zero-order valence-electron chi connectivity index (χ0n) is 10.0. The summed E-state index contributed by atoms with van der Waals surface area (Å²) in [7, 11) is 0. The molecule has 0 aromatic rings. The first-order valence-corrected chi connectivity index (χ1v) is 6.35. The molecule has 0 heterocycles. The average Bonchev–Trinajstić information content (AvgIpc) is 3.06. The first kappa shape index (κ1) is 12.9. The molecule has 1 atom stereocenters. The third kappa shape index (κ3) is 6.88. The molecule has 1 fully saturated rings. The van der Waals surface area contributed by atoms with Crippen LogP contribution in [0.1, 0.15) is 32.6 Å². The van der Waals surface area contributed by atoms with Gasteiger partial charge in [0.25, 0.3) is 0 Å². The highest BCUT2D eigenvalue weighted by atomic mass is 16.5. The van der Waals surface area contributed by atoms with E-state index < -0.39 is 0 Å². The van der Waals surface area contributed by atoms with E-state index in [9.17, 15) is 0 Å². The number of hydrogen-bond donors (Lipinski definition) is 2. The standard InChI is InChI=1S/C12H26N2O/c1-2-11(8-13)9-14-6-3-7-15-10-12-4-5-12/h11-12,14H,2-10,13H2,1H3. The van der Waals surface area contributed by atoms with Crippen LogP contribution in [0.2, 0.25) is 0 Å². The van der Waals surface area contributed by atoms with Gasteiger partial charge in [0.1, 0.15) is 0 Å². The Morgan fingerprint density at radius 3 is 2.87 bits per heavy atom. The molecule has 0 spiro atoms. The van der Waals surface area contributed by atoms with Crippen molar-refractivity contribution >= 4 is 0 Å². The monoisotopic (exact) mass is 214 g/mol. The largest absolute Gasteiger partial charge is 0.381 e. The van der Waals surface area contributed by atoms with Crippen molar-refractivity contribution < 1.29 is 4.74 Å². The predicted molar refractivity (Wildman–Crippen MR) is 63.9 cm³/mol. The van der Waals surface area contributed by atoms with Crippen LogP contribution in [0.3, 0.4) is 0 Å². The number of rotatable bonds is 10. The zero-order chi connectivity index (χ0) is 10.9. The van der Waals surface area contributed by atoms with Gasteiger partial charge in [-0.2, -0.15) is 0 Å². The molecule has 3 heteroatoms. The molecule has 1 aliphatic rings. The Bertz CT molecular complexity index is 145. The Kier molecular flexibility index (Phi) is 6.98. The van der Waals surface area contributed by atoms with E-state index in [4.69, 9.17) is 10.5 Å². The minimum Gasteiger partial charge on any atom is -0.381 e. The van der Waals surface area contributed by atoms with Crippen LogP contribution >= 0.6 is 0 Å². The lowest BCUT2D eigenvalue weighted by Crippen LogP contribution is -2.28. The number of hydrogen-bond acceptors (Lipinski definition) is 3. The second kappa shape index (κ2) is 8.08. The van der Waals surface area contributed by atoms with Gasteiger partial charge in [-0.15, -0.1) is 0 Å². The summed E-state index contributed by atoms with van der Waals surface area (Å²) in [5, 5.41) is 3.43. The Hall–Kier alpha value is -0.120. The average molecular weight is 214 g/mol. The first-order valence-electron chi connectivity index (χ1n) is 6.35. The van der Waals surface area contributed by atoms with E-state index in [0.29, 0.717) is 5.92 Å². The maximum absolute atomic E-state index is 5.62. The lowest BCUT2D eigenvalue weighted by molar-refractivity contribution is 0.122. The topological polar surface area (TPSA) is 47.3 Å². The summed E-state index contributed by atoms with van der Waals surface area (Å²) in [6.07, 6.45) is 5.05. The van der Waals surface area contributed by atoms with Crippen molar-refractivity contribution in [3.05, 3.63) is 0 Å². The zero-order valence-corrected chi connectivity index (χ0v) is 10.0. The Morgan fingerprint density at radius 1 is 1.47 bits per heavy atom. The molecular formula is C12H26N2O. The maximum Gasteiger partial charge on any atom is 0.0494 e. The van der Waals surface area contributed by atoms with E-state index in [1.807, 2.05) is 0 Å². The summed E-state index contributed by atoms with van der Waals surface area (Å²) in [6.45, 7) is 6.99. The minimum absolute atomic E-state index is 0.636. The predicted octanol–water partition coefficient (Wildman–Crippen LogP) is 1.38. The van der Waals surface area contributed by atoms with Crippen molar-refractivity contribution in [3.63, 3.8) is 0 Å². The summed E-state index contributed by atoms with van der Waals surface area (Å²) < 4.78 is 5.55. The fraction of sp³-hybridized carbons (Fsp3) is 1.00. The molecule has 0 aromatic heterocycles. The van der Waals surface area contributed by atoms with Gasteiger partial charge in [0.2, 0.25) is 0 Å². The van der Waals surface area contributed by atoms with Gasteiger partial charge < -0.3 is 15.8 Å². The molecule has 0 aromatic carbocycles. The molecule has 0 amide bonds. The van der Waals surface area contributed by atoms with E-state index in [1.165, 1.54) is 19.3 Å². The molecule has 3 N–H and O–H groups in total. The number of ether oxygens (including phenoxy) is 1. The van der Waals surface area contributed by atoms with Crippen LogP contribution in [0.25, 0.3) is 0 Å². The van der Waals surface area contributed by atoms with Gasteiger partial charge in [-0.1, -0.05) is 13.3 Å². The fourth-order valence-corrected chi connectivity index (χ4v) is 1.53. The normalized spacial score (nSPS) is 18.0. The smallest absolute Gasteiger partial charge is 0.0494 e. The van der Waals surface area contributed by atoms with E-state index in [0.717, 1.165) is 45.2 Å². The molecule has 0 saturated heterocycles. The lowest BCUT2D eigenvalue weighted by atomic mass is 10.1. The van der Waals surface area contributed by atoms with Crippen molar-refractivity contribution in [3.8, 4) is 0 Å². The van der Waals surface area contributed by atoms with Crippen molar-refractivity contribution in [2.75, 3.05) is 32.8 Å². The second-order valence-corrected chi connectivity index (χ2v) is 4.59. The van der Waals surface area contributed by atoms with E-state index in [2.05, 4.69) is 12.2 Å². The van der Waals surface area contributed by atoms with Crippen LogP contribution in [-0.4, -0.2) is 32.8 Å². The van der Waals surface area contributed by atoms with Gasteiger partial charge in [-0.3, -0.25) is 0 Å². The van der Waals surface area contributed by atoms with Crippen LogP contribution in [0.4, 0.5) is 0 Å². The van der Waals surface area contributed by atoms with Crippen LogP contribution in [0, 0.1) is 11.8 Å². The summed E-state index contributed by atoms with van der Waals surface area (Å²) in [5.74, 6) is 1.53. The van der Waals surface area contributed by atoms with Gasteiger partial charge in [0, 0.05) is 13.2 Å². The summed E-state index contributed by atoms with van der Waals surface area (Å²) >= 11 is 0. The van der Waals surface area contributed by atoms with Crippen molar-refractivity contribution in [2.45, 2.75) is 32.6 Å². The molecule has 90 valence electrons. The molecule has 0 radical (unpaired) electrons. The highest BCUT2D eigenvalue weighted by Crippen LogP contribution is 2.28. The quantitative estimate of drug-likeness (QED) is 0.540. The van der Waals surface area contributed by atoms with Gasteiger partial charge in [0.15, 0.2) is 0 Å². The fourth-order valence-electron chi connectivity index (χ4n) is 1.53. The highest BCUT2D eigenvalue weighted by molar-refractivity contribution is 4.71. The molecule has 1 unspecified atom stereocenters. The first-order chi connectivity index (χ1) is 7.36. The third-order valence-corrected chi connectivity index (χ3v) is 3.04. The SMILES string of the molecule is CCC(CN)CNCCCOCC1CC1. The van der Waals surface area contributed by atoms with Crippen LogP contribution < -0.4 is 11.1 Å². The minimum atomic E-state index is 0.636. The Balaban J connectivity index is 1.75. The molecule has 15 heavy (non-hydrogen) atoms. The Morgan fingerprint density at radius 2 is 2.27 bits per heavy atom. The van der Waals surface area contributed by atoms with Crippen LogP contribution in [0.5, 0.6) is 0 Å². The van der Waals surface area contributed by atoms with E-state index in [1.54, 1.807) is 0 Å². The van der Waals surface area contributed by atoms with E-state index in [-0.39, 0.29) is 0 Å². The van der Waals surface area contributed by atoms with Gasteiger partial charge >= 0.3 is 0 Å². The van der Waals surface area contributed by atoms with E-state index >= 15 is 0 Å². The summed E-state index contributed by atoms with van der Waals surface area (Å²) in [4.78, 5) is 0. The lowest BCUT2D eigenvalue weighted by Gasteiger charge is -2.12. The third-order valence-electron chi connectivity index (χ3n) is 3.04. The Labute approximate surface area is 93.8 Å². The van der Waals surface area contributed by atoms with Crippen LogP contribution in [0.15, 0.2) is 0 Å². The molecule has 3 nitrogen and oxygen atoms in total. The second-order valence-electron chi connectivity index (χ2n) is 4.59. The van der Waals surface area contributed by atoms with Gasteiger partial charge in [-0.25, -0.2) is 0 Å². The van der Waals surface area contributed by atoms with Crippen LogP contribution in [-0.2, 0) is 4.74 Å². The maximum atomic E-state index is 5.62. The molecule has 1 saturated carbocycles. The highest BCUT2D eigenvalue weighted by Gasteiger charge is 2.20. The molecule has 1 aliphatic carbocycles. The van der Waals surface area contributed by atoms with Gasteiger partial charge in [0.05, 0.1) is 0 Å². The number of nitrogens with two attached hydrogens (primary N) is 1. The summed E-state index contributed by atoms with van der Waals surface area (Å²) in [6, 6.07) is 0. The van der Waals surface area contributed by atoms with Crippen molar-refractivity contribution in [1.82, 2.24) is 5.32 Å². The summed E-state index contributed by atoms with van der Waals surface area (Å²) in [5.41, 5.74) is 5.62. The molecule has 1 rings (SSSR count). The molecular weight excluding hydrogens is 188 g/mol. The van der Waals surface area contributed by atoms with Crippen molar-refractivity contribution in [1.29, 1.82) is 0 Å². The van der Waals surface area contributed by atoms with Gasteiger partial charge in [-0.05, 0) is 50.7 Å². The molecule has 0 bridgehead atoms. The molecule has 0 aliphatic heterocycles.